The Bertz CT molecular complexity index is 774. The summed E-state index contributed by atoms with van der Waals surface area (Å²) in [6.45, 7) is 3.79. The molecule has 27 heavy (non-hydrogen) atoms. The van der Waals surface area contributed by atoms with Crippen molar-refractivity contribution in [1.29, 1.82) is 0 Å². The standard InChI is InChI=1S/C20H25ClN2O3S/c1-4-5-11-23(2)12-10-17(24)22-19-18(20(25)26-3)16(13-27-19)14-6-8-15(21)9-7-14/h6-9,13H,4-5,10-12H2,1-3H3,(H,22,24). The highest BCUT2D eigenvalue weighted by atomic mass is 35.5. The number of esters is 1. The summed E-state index contributed by atoms with van der Waals surface area (Å²) in [5.41, 5.74) is 1.94. The van der Waals surface area contributed by atoms with Crippen LogP contribution in [0.1, 0.15) is 36.5 Å². The molecule has 146 valence electrons. The Kier molecular flexibility index (Phi) is 8.28. The second kappa shape index (κ2) is 10.4. The van der Waals surface area contributed by atoms with Crippen molar-refractivity contribution in [3.05, 3.63) is 40.2 Å². The van der Waals surface area contributed by atoms with Crippen LogP contribution >= 0.6 is 22.9 Å². The van der Waals surface area contributed by atoms with Crippen LogP contribution in [0.3, 0.4) is 0 Å². The molecule has 1 amide bonds. The number of ether oxygens (including phenoxy) is 1. The van der Waals surface area contributed by atoms with E-state index in [0.29, 0.717) is 28.6 Å². The Morgan fingerprint density at radius 3 is 2.56 bits per heavy atom. The Morgan fingerprint density at radius 2 is 1.93 bits per heavy atom. The van der Waals surface area contributed by atoms with Crippen LogP contribution in [0.4, 0.5) is 5.00 Å². The summed E-state index contributed by atoms with van der Waals surface area (Å²) < 4.78 is 4.93. The van der Waals surface area contributed by atoms with Crippen molar-refractivity contribution in [2.45, 2.75) is 26.2 Å². The highest BCUT2D eigenvalue weighted by Crippen LogP contribution is 2.36. The zero-order chi connectivity index (χ0) is 19.8. The number of hydrogen-bond donors (Lipinski definition) is 1. The first kappa shape index (κ1) is 21.4. The maximum absolute atomic E-state index is 12.3. The van der Waals surface area contributed by atoms with E-state index >= 15 is 0 Å². The monoisotopic (exact) mass is 408 g/mol. The summed E-state index contributed by atoms with van der Waals surface area (Å²) >= 11 is 7.26. The molecule has 0 aliphatic heterocycles. The van der Waals surface area contributed by atoms with Crippen LogP contribution in [0.2, 0.25) is 5.02 Å². The number of halogens is 1. The number of carbonyl (C=O) groups excluding carboxylic acids is 2. The van der Waals surface area contributed by atoms with Crippen LogP contribution in [0, 0.1) is 0 Å². The largest absolute Gasteiger partial charge is 0.465 e. The number of rotatable bonds is 9. The molecule has 0 saturated heterocycles. The van der Waals surface area contributed by atoms with Crippen LogP contribution in [0.5, 0.6) is 0 Å². The summed E-state index contributed by atoms with van der Waals surface area (Å²) in [6.07, 6.45) is 2.61. The van der Waals surface area contributed by atoms with Crippen molar-refractivity contribution in [3.63, 3.8) is 0 Å². The highest BCUT2D eigenvalue weighted by molar-refractivity contribution is 7.15. The fourth-order valence-electron chi connectivity index (χ4n) is 2.62. The molecular formula is C20H25ClN2O3S. The molecule has 0 bridgehead atoms. The van der Waals surface area contributed by atoms with Crippen LogP contribution < -0.4 is 5.32 Å². The number of thiophene rings is 1. The molecule has 0 aliphatic carbocycles. The van der Waals surface area contributed by atoms with E-state index in [9.17, 15) is 9.59 Å². The topological polar surface area (TPSA) is 58.6 Å². The third kappa shape index (κ3) is 6.06. The lowest BCUT2D eigenvalue weighted by Crippen LogP contribution is -2.25. The summed E-state index contributed by atoms with van der Waals surface area (Å²) in [5, 5.41) is 5.84. The molecule has 7 heteroatoms. The van der Waals surface area contributed by atoms with E-state index in [1.165, 1.54) is 18.4 Å². The number of anilines is 1. The zero-order valence-corrected chi connectivity index (χ0v) is 17.5. The molecule has 0 unspecified atom stereocenters. The first-order valence-electron chi connectivity index (χ1n) is 8.90. The fraction of sp³-hybridized carbons (Fsp3) is 0.400. The van der Waals surface area contributed by atoms with Crippen LogP contribution in [0.15, 0.2) is 29.6 Å². The number of hydrogen-bond acceptors (Lipinski definition) is 5. The lowest BCUT2D eigenvalue weighted by molar-refractivity contribution is -0.116. The van der Waals surface area contributed by atoms with Crippen molar-refractivity contribution in [2.24, 2.45) is 0 Å². The van der Waals surface area contributed by atoms with Crippen molar-refractivity contribution < 1.29 is 14.3 Å². The molecule has 0 spiro atoms. The Hall–Kier alpha value is -1.89. The Balaban J connectivity index is 2.13. The normalized spacial score (nSPS) is 10.9. The molecule has 0 atom stereocenters. The van der Waals surface area contributed by atoms with Crippen molar-refractivity contribution in [3.8, 4) is 11.1 Å². The van der Waals surface area contributed by atoms with Crippen molar-refractivity contribution >= 4 is 39.8 Å². The van der Waals surface area contributed by atoms with E-state index < -0.39 is 5.97 Å². The van der Waals surface area contributed by atoms with E-state index in [1.54, 1.807) is 12.1 Å². The van der Waals surface area contributed by atoms with E-state index in [1.807, 2.05) is 24.6 Å². The molecule has 0 fully saturated rings. The zero-order valence-electron chi connectivity index (χ0n) is 15.9. The smallest absolute Gasteiger partial charge is 0.341 e. The molecular weight excluding hydrogens is 384 g/mol. The number of nitrogens with zero attached hydrogens (tertiary/aromatic N) is 1. The van der Waals surface area contributed by atoms with Gasteiger partial charge in [-0.15, -0.1) is 11.3 Å². The van der Waals surface area contributed by atoms with Gasteiger partial charge in [-0.3, -0.25) is 4.79 Å². The van der Waals surface area contributed by atoms with Gasteiger partial charge < -0.3 is 15.0 Å². The number of benzene rings is 1. The van der Waals surface area contributed by atoms with Gasteiger partial charge in [0.2, 0.25) is 5.91 Å². The van der Waals surface area contributed by atoms with Gasteiger partial charge >= 0.3 is 5.97 Å². The number of carbonyl (C=O) groups is 2. The quantitative estimate of drug-likeness (QED) is 0.598. The maximum atomic E-state index is 12.3. The van der Waals surface area contributed by atoms with Gasteiger partial charge in [0.25, 0.3) is 0 Å². The van der Waals surface area contributed by atoms with E-state index in [4.69, 9.17) is 16.3 Å². The first-order valence-corrected chi connectivity index (χ1v) is 10.2. The summed E-state index contributed by atoms with van der Waals surface area (Å²) in [5.74, 6) is -0.593. The predicted molar refractivity (Wildman–Crippen MR) is 112 cm³/mol. The van der Waals surface area contributed by atoms with E-state index in [-0.39, 0.29) is 5.91 Å². The highest BCUT2D eigenvalue weighted by Gasteiger charge is 2.22. The average molecular weight is 409 g/mol. The minimum Gasteiger partial charge on any atom is -0.465 e. The summed E-state index contributed by atoms with van der Waals surface area (Å²) in [4.78, 5) is 26.8. The second-order valence-electron chi connectivity index (χ2n) is 6.31. The lowest BCUT2D eigenvalue weighted by Gasteiger charge is -2.15. The van der Waals surface area contributed by atoms with Crippen LogP contribution in [0.25, 0.3) is 11.1 Å². The van der Waals surface area contributed by atoms with Gasteiger partial charge in [0.05, 0.1) is 7.11 Å². The molecule has 0 aliphatic rings. The molecule has 0 radical (unpaired) electrons. The van der Waals surface area contributed by atoms with Gasteiger partial charge in [0.15, 0.2) is 0 Å². The molecule has 1 aromatic heterocycles. The summed E-state index contributed by atoms with van der Waals surface area (Å²) in [6, 6.07) is 7.20. The van der Waals surface area contributed by atoms with Crippen LogP contribution in [-0.2, 0) is 9.53 Å². The lowest BCUT2D eigenvalue weighted by atomic mass is 10.0. The molecule has 1 aromatic carbocycles. The minimum atomic E-state index is -0.475. The van der Waals surface area contributed by atoms with Gasteiger partial charge in [-0.25, -0.2) is 4.79 Å². The molecule has 1 heterocycles. The third-order valence-corrected chi connectivity index (χ3v) is 5.35. The fourth-order valence-corrected chi connectivity index (χ4v) is 3.72. The first-order chi connectivity index (χ1) is 13.0. The van der Waals surface area contributed by atoms with E-state index in [2.05, 4.69) is 17.1 Å². The maximum Gasteiger partial charge on any atom is 0.341 e. The van der Waals surface area contributed by atoms with Crippen molar-refractivity contribution in [2.75, 3.05) is 32.6 Å². The summed E-state index contributed by atoms with van der Waals surface area (Å²) in [7, 11) is 3.34. The molecule has 5 nitrogen and oxygen atoms in total. The number of amides is 1. The molecule has 2 aromatic rings. The van der Waals surface area contributed by atoms with Gasteiger partial charge in [0.1, 0.15) is 10.6 Å². The Morgan fingerprint density at radius 1 is 1.22 bits per heavy atom. The predicted octanol–water partition coefficient (Wildman–Crippen LogP) is 4.92. The Labute approximate surface area is 169 Å². The third-order valence-electron chi connectivity index (χ3n) is 4.20. The molecule has 1 N–H and O–H groups in total. The van der Waals surface area contributed by atoms with Gasteiger partial charge in [-0.1, -0.05) is 37.1 Å². The van der Waals surface area contributed by atoms with Crippen molar-refractivity contribution in [1.82, 2.24) is 4.90 Å². The molecule has 2 rings (SSSR count). The van der Waals surface area contributed by atoms with Gasteiger partial charge in [-0.05, 0) is 37.7 Å². The number of unbranched alkanes of at least 4 members (excludes halogenated alkanes) is 1. The minimum absolute atomic E-state index is 0.118. The average Bonchev–Trinajstić information content (AvgIpc) is 3.08. The van der Waals surface area contributed by atoms with Gasteiger partial charge in [-0.2, -0.15) is 0 Å². The number of nitrogens with one attached hydrogen (secondary N) is 1. The SMILES string of the molecule is CCCCN(C)CCC(=O)Nc1scc(-c2ccc(Cl)cc2)c1C(=O)OC. The second-order valence-corrected chi connectivity index (χ2v) is 7.62. The van der Waals surface area contributed by atoms with Gasteiger partial charge in [0, 0.05) is 28.9 Å². The number of methoxy groups -OCH3 is 1. The molecule has 0 saturated carbocycles. The van der Waals surface area contributed by atoms with E-state index in [0.717, 1.165) is 30.5 Å². The van der Waals surface area contributed by atoms with Crippen LogP contribution in [-0.4, -0.2) is 44.0 Å².